The van der Waals surface area contributed by atoms with E-state index in [0.29, 0.717) is 6.10 Å². The van der Waals surface area contributed by atoms with Crippen LogP contribution in [0, 0.1) is 0 Å². The highest BCUT2D eigenvalue weighted by Gasteiger charge is 2.23. The van der Waals surface area contributed by atoms with Gasteiger partial charge >= 0.3 is 0 Å². The first-order valence-corrected chi connectivity index (χ1v) is 7.01. The lowest BCUT2D eigenvalue weighted by Crippen LogP contribution is -1.95. The Balaban J connectivity index is 1.73. The lowest BCUT2D eigenvalue weighted by molar-refractivity contribution is 0.303. The lowest BCUT2D eigenvalue weighted by Gasteiger charge is -2.03. The fraction of sp³-hybridized carbons (Fsp3) is 0.385. The lowest BCUT2D eigenvalue weighted by atomic mass is 10.2. The number of rotatable bonds is 5. The fourth-order valence-corrected chi connectivity index (χ4v) is 2.43. The summed E-state index contributed by atoms with van der Waals surface area (Å²) in [7, 11) is 0. The first-order valence-electron chi connectivity index (χ1n) is 6.19. The molecule has 1 saturated carbocycles. The van der Waals surface area contributed by atoms with Gasteiger partial charge in [0.25, 0.3) is 0 Å². The second-order valence-electron chi connectivity index (χ2n) is 4.28. The molecule has 1 aliphatic rings. The smallest absolute Gasteiger partial charge is 0.205 e. The first-order chi connectivity index (χ1) is 8.85. The summed E-state index contributed by atoms with van der Waals surface area (Å²) >= 11 is 1.57. The van der Waals surface area contributed by atoms with Crippen LogP contribution in [0.1, 0.15) is 19.8 Å². The Hall–Kier alpha value is -1.62. The molecule has 1 N–H and O–H groups in total. The van der Waals surface area contributed by atoms with Crippen LogP contribution in [0.4, 0.5) is 5.13 Å². The average molecular weight is 261 g/mol. The maximum Gasteiger partial charge on any atom is 0.205 e. The Morgan fingerprint density at radius 1 is 1.28 bits per heavy atom. The molecule has 1 aliphatic carbocycles. The fourth-order valence-electron chi connectivity index (χ4n) is 1.62. The molecular weight excluding hydrogens is 246 g/mol. The Morgan fingerprint density at radius 2 is 2.06 bits per heavy atom. The van der Waals surface area contributed by atoms with Gasteiger partial charge in [0.15, 0.2) is 0 Å². The van der Waals surface area contributed by atoms with Crippen molar-refractivity contribution in [3.05, 3.63) is 24.3 Å². The van der Waals surface area contributed by atoms with Crippen LogP contribution in [0.5, 0.6) is 5.75 Å². The summed E-state index contributed by atoms with van der Waals surface area (Å²) in [6.45, 7) is 2.91. The van der Waals surface area contributed by atoms with Crippen molar-refractivity contribution in [3.63, 3.8) is 0 Å². The number of nitrogens with one attached hydrogen (secondary N) is 1. The number of aromatic nitrogens is 2. The molecule has 1 aromatic carbocycles. The van der Waals surface area contributed by atoms with Crippen molar-refractivity contribution >= 4 is 16.5 Å². The van der Waals surface area contributed by atoms with E-state index in [2.05, 4.69) is 15.5 Å². The Kier molecular flexibility index (Phi) is 3.15. The van der Waals surface area contributed by atoms with Gasteiger partial charge in [0.2, 0.25) is 5.13 Å². The van der Waals surface area contributed by atoms with Gasteiger partial charge < -0.3 is 10.1 Å². The van der Waals surface area contributed by atoms with Gasteiger partial charge in [-0.2, -0.15) is 0 Å². The summed E-state index contributed by atoms with van der Waals surface area (Å²) in [4.78, 5) is 0. The van der Waals surface area contributed by atoms with Crippen LogP contribution in [0.2, 0.25) is 0 Å². The number of nitrogens with zero attached hydrogens (tertiary/aromatic N) is 2. The number of ether oxygens (including phenoxy) is 1. The highest BCUT2D eigenvalue weighted by Crippen LogP contribution is 2.30. The summed E-state index contributed by atoms with van der Waals surface area (Å²) in [5.74, 6) is 0.942. The van der Waals surface area contributed by atoms with Crippen LogP contribution in [-0.2, 0) is 0 Å². The molecule has 0 saturated heterocycles. The first kappa shape index (κ1) is 11.5. The highest BCUT2D eigenvalue weighted by atomic mass is 32.1. The van der Waals surface area contributed by atoms with E-state index in [1.807, 2.05) is 31.2 Å². The van der Waals surface area contributed by atoms with Crippen LogP contribution in [0.25, 0.3) is 10.6 Å². The van der Waals surface area contributed by atoms with Gasteiger partial charge in [0.1, 0.15) is 10.8 Å². The maximum atomic E-state index is 5.71. The molecule has 2 aromatic rings. The minimum absolute atomic E-state index is 0.442. The average Bonchev–Trinajstić information content (AvgIpc) is 3.07. The van der Waals surface area contributed by atoms with E-state index in [1.165, 1.54) is 12.8 Å². The number of anilines is 1. The van der Waals surface area contributed by atoms with Crippen molar-refractivity contribution < 1.29 is 4.74 Å². The molecule has 0 spiro atoms. The van der Waals surface area contributed by atoms with Crippen LogP contribution in [0.3, 0.4) is 0 Å². The van der Waals surface area contributed by atoms with Gasteiger partial charge in [-0.05, 0) is 44.0 Å². The van der Waals surface area contributed by atoms with Crippen molar-refractivity contribution in [3.8, 4) is 16.3 Å². The number of benzene rings is 1. The summed E-state index contributed by atoms with van der Waals surface area (Å²) < 4.78 is 5.71. The summed E-state index contributed by atoms with van der Waals surface area (Å²) in [5, 5.41) is 13.2. The van der Waals surface area contributed by atoms with Crippen LogP contribution in [-0.4, -0.2) is 22.8 Å². The van der Waals surface area contributed by atoms with E-state index in [-0.39, 0.29) is 0 Å². The van der Waals surface area contributed by atoms with E-state index >= 15 is 0 Å². The zero-order valence-corrected chi connectivity index (χ0v) is 11.0. The van der Waals surface area contributed by atoms with Gasteiger partial charge in [-0.15, -0.1) is 10.2 Å². The summed E-state index contributed by atoms with van der Waals surface area (Å²) in [6, 6.07) is 8.08. The summed E-state index contributed by atoms with van der Waals surface area (Å²) in [6.07, 6.45) is 2.81. The number of hydrogen-bond donors (Lipinski definition) is 1. The molecular formula is C13H15N3OS. The third-order valence-corrected chi connectivity index (χ3v) is 3.61. The molecule has 0 radical (unpaired) electrons. The molecule has 0 aliphatic heterocycles. The van der Waals surface area contributed by atoms with Gasteiger partial charge in [0, 0.05) is 12.1 Å². The topological polar surface area (TPSA) is 47.0 Å². The predicted molar refractivity (Wildman–Crippen MR) is 73.2 cm³/mol. The summed E-state index contributed by atoms with van der Waals surface area (Å²) in [5.41, 5.74) is 1.08. The molecule has 5 heteroatoms. The number of hydrogen-bond acceptors (Lipinski definition) is 5. The molecule has 18 heavy (non-hydrogen) atoms. The molecule has 1 fully saturated rings. The standard InChI is InChI=1S/C13H15N3OS/c1-2-14-13-16-15-12(18-13)9-3-5-10(6-4-9)17-11-7-8-11/h3-6,11H,2,7-8H2,1H3,(H,14,16). The van der Waals surface area contributed by atoms with Crippen molar-refractivity contribution in [2.45, 2.75) is 25.9 Å². The van der Waals surface area contributed by atoms with Gasteiger partial charge in [0.05, 0.1) is 6.10 Å². The second kappa shape index (κ2) is 4.94. The van der Waals surface area contributed by atoms with Crippen molar-refractivity contribution in [1.29, 1.82) is 0 Å². The van der Waals surface area contributed by atoms with Crippen molar-refractivity contribution in [2.24, 2.45) is 0 Å². The molecule has 4 nitrogen and oxygen atoms in total. The Labute approximate surface area is 110 Å². The van der Waals surface area contributed by atoms with E-state index in [9.17, 15) is 0 Å². The highest BCUT2D eigenvalue weighted by molar-refractivity contribution is 7.18. The predicted octanol–water partition coefficient (Wildman–Crippen LogP) is 3.18. The largest absolute Gasteiger partial charge is 0.490 e. The van der Waals surface area contributed by atoms with Gasteiger partial charge in [-0.25, -0.2) is 0 Å². The van der Waals surface area contributed by atoms with Crippen molar-refractivity contribution in [1.82, 2.24) is 10.2 Å². The Bertz CT molecular complexity index is 519. The van der Waals surface area contributed by atoms with Crippen LogP contribution in [0.15, 0.2) is 24.3 Å². The molecule has 94 valence electrons. The molecule has 0 atom stereocenters. The third-order valence-electron chi connectivity index (χ3n) is 2.68. The molecule has 3 rings (SSSR count). The van der Waals surface area contributed by atoms with Crippen LogP contribution >= 0.6 is 11.3 Å². The normalized spacial score (nSPS) is 14.5. The van der Waals surface area contributed by atoms with E-state index in [4.69, 9.17) is 4.74 Å². The molecule has 0 unspecified atom stereocenters. The van der Waals surface area contributed by atoms with E-state index in [0.717, 1.165) is 28.0 Å². The molecule has 0 bridgehead atoms. The maximum absolute atomic E-state index is 5.71. The SMILES string of the molecule is CCNc1nnc(-c2ccc(OC3CC3)cc2)s1. The minimum atomic E-state index is 0.442. The quantitative estimate of drug-likeness (QED) is 0.898. The van der Waals surface area contributed by atoms with Crippen molar-refractivity contribution in [2.75, 3.05) is 11.9 Å². The Morgan fingerprint density at radius 3 is 2.72 bits per heavy atom. The van der Waals surface area contributed by atoms with Gasteiger partial charge in [-0.3, -0.25) is 0 Å². The van der Waals surface area contributed by atoms with E-state index in [1.54, 1.807) is 11.3 Å². The molecule has 0 amide bonds. The monoisotopic (exact) mass is 261 g/mol. The third kappa shape index (κ3) is 2.61. The molecule has 1 aromatic heterocycles. The minimum Gasteiger partial charge on any atom is -0.490 e. The second-order valence-corrected chi connectivity index (χ2v) is 5.26. The zero-order valence-electron chi connectivity index (χ0n) is 10.2. The zero-order chi connectivity index (χ0) is 12.4. The van der Waals surface area contributed by atoms with Crippen LogP contribution < -0.4 is 10.1 Å². The van der Waals surface area contributed by atoms with Gasteiger partial charge in [-0.1, -0.05) is 11.3 Å². The molecule has 1 heterocycles. The van der Waals surface area contributed by atoms with E-state index < -0.39 is 0 Å².